The summed E-state index contributed by atoms with van der Waals surface area (Å²) in [4.78, 5) is 11.0. The lowest BCUT2D eigenvalue weighted by Crippen LogP contribution is -2.50. The molecule has 1 fully saturated rings. The number of nitrogens with zero attached hydrogens (tertiary/aromatic N) is 3. The van der Waals surface area contributed by atoms with Crippen LogP contribution in [0.25, 0.3) is 0 Å². The molecule has 100 valence electrons. The Morgan fingerprint density at radius 2 is 2.39 bits per heavy atom. The molecule has 5 heteroatoms. The normalized spacial score (nSPS) is 19.9. The van der Waals surface area contributed by atoms with Gasteiger partial charge in [0.05, 0.1) is 0 Å². The van der Waals surface area contributed by atoms with E-state index in [1.165, 1.54) is 12.8 Å². The first-order valence-electron chi connectivity index (χ1n) is 6.84. The number of aromatic nitrogens is 2. The molecule has 1 aliphatic rings. The number of unbranched alkanes of at least 4 members (excludes halogenated alkanes) is 1. The molecule has 2 rings (SSSR count). The van der Waals surface area contributed by atoms with Crippen molar-refractivity contribution in [3.8, 4) is 0 Å². The molecule has 18 heavy (non-hydrogen) atoms. The summed E-state index contributed by atoms with van der Waals surface area (Å²) < 4.78 is 0. The zero-order chi connectivity index (χ0) is 12.8. The molecule has 0 aromatic carbocycles. The second-order valence-corrected chi connectivity index (χ2v) is 4.79. The Morgan fingerprint density at radius 3 is 3.17 bits per heavy atom. The van der Waals surface area contributed by atoms with Crippen molar-refractivity contribution in [3.63, 3.8) is 0 Å². The Balaban J connectivity index is 2.01. The molecule has 1 saturated heterocycles. The molecule has 1 aliphatic heterocycles. The Kier molecular flexibility index (Phi) is 4.75. The van der Waals surface area contributed by atoms with Crippen molar-refractivity contribution < 1.29 is 0 Å². The van der Waals surface area contributed by atoms with Crippen molar-refractivity contribution in [1.82, 2.24) is 15.3 Å². The van der Waals surface area contributed by atoms with Crippen LogP contribution in [0.1, 0.15) is 26.7 Å². The monoisotopic (exact) mass is 249 g/mol. The van der Waals surface area contributed by atoms with E-state index in [1.807, 2.05) is 0 Å². The smallest absolute Gasteiger partial charge is 0.134 e. The highest BCUT2D eigenvalue weighted by atomic mass is 15.3. The largest absolute Gasteiger partial charge is 0.370 e. The van der Waals surface area contributed by atoms with E-state index >= 15 is 0 Å². The molecule has 0 amide bonds. The highest BCUT2D eigenvalue weighted by molar-refractivity contribution is 5.49. The van der Waals surface area contributed by atoms with E-state index in [0.717, 1.165) is 37.8 Å². The Hall–Kier alpha value is -1.36. The van der Waals surface area contributed by atoms with Crippen LogP contribution in [-0.2, 0) is 0 Å². The molecule has 1 unspecified atom stereocenters. The third-order valence-corrected chi connectivity index (χ3v) is 3.28. The van der Waals surface area contributed by atoms with E-state index in [2.05, 4.69) is 45.4 Å². The van der Waals surface area contributed by atoms with Crippen LogP contribution < -0.4 is 15.5 Å². The molecule has 0 saturated carbocycles. The topological polar surface area (TPSA) is 53.1 Å². The van der Waals surface area contributed by atoms with Crippen molar-refractivity contribution in [3.05, 3.63) is 12.4 Å². The standard InChI is InChI=1S/C13H23N5/c1-3-4-5-15-12-8-13(17-10-16-12)18-7-6-14-9-11(18)2/h8,10-11,14H,3-7,9H2,1-2H3,(H,15,16,17). The Labute approximate surface area is 109 Å². The molecule has 0 radical (unpaired) electrons. The molecule has 2 heterocycles. The van der Waals surface area contributed by atoms with Crippen LogP contribution in [-0.4, -0.2) is 42.2 Å². The van der Waals surface area contributed by atoms with E-state index in [9.17, 15) is 0 Å². The predicted molar refractivity (Wildman–Crippen MR) is 75.1 cm³/mol. The van der Waals surface area contributed by atoms with Crippen molar-refractivity contribution in [1.29, 1.82) is 0 Å². The van der Waals surface area contributed by atoms with Gasteiger partial charge < -0.3 is 15.5 Å². The number of nitrogens with one attached hydrogen (secondary N) is 2. The number of hydrogen-bond acceptors (Lipinski definition) is 5. The quantitative estimate of drug-likeness (QED) is 0.774. The number of anilines is 2. The first-order chi connectivity index (χ1) is 8.81. The van der Waals surface area contributed by atoms with Gasteiger partial charge in [-0.15, -0.1) is 0 Å². The second-order valence-electron chi connectivity index (χ2n) is 4.79. The number of rotatable bonds is 5. The lowest BCUT2D eigenvalue weighted by Gasteiger charge is -2.34. The SMILES string of the molecule is CCCCNc1cc(N2CCNCC2C)ncn1. The summed E-state index contributed by atoms with van der Waals surface area (Å²) in [5, 5.41) is 6.74. The lowest BCUT2D eigenvalue weighted by molar-refractivity contribution is 0.497. The first-order valence-corrected chi connectivity index (χ1v) is 6.84. The molecule has 0 bridgehead atoms. The van der Waals surface area contributed by atoms with Gasteiger partial charge in [-0.2, -0.15) is 0 Å². The highest BCUT2D eigenvalue weighted by Gasteiger charge is 2.19. The summed E-state index contributed by atoms with van der Waals surface area (Å²) in [6, 6.07) is 2.54. The minimum Gasteiger partial charge on any atom is -0.370 e. The van der Waals surface area contributed by atoms with Crippen LogP contribution in [0, 0.1) is 0 Å². The van der Waals surface area contributed by atoms with Gasteiger partial charge in [0.25, 0.3) is 0 Å². The van der Waals surface area contributed by atoms with Gasteiger partial charge in [-0.05, 0) is 13.3 Å². The summed E-state index contributed by atoms with van der Waals surface area (Å²) in [5.74, 6) is 1.96. The van der Waals surface area contributed by atoms with Gasteiger partial charge in [0.1, 0.15) is 18.0 Å². The molecule has 1 aromatic heterocycles. The van der Waals surface area contributed by atoms with Gasteiger partial charge in [0, 0.05) is 38.3 Å². The average Bonchev–Trinajstić information content (AvgIpc) is 2.40. The molecule has 0 spiro atoms. The molecular weight excluding hydrogens is 226 g/mol. The molecule has 5 nitrogen and oxygen atoms in total. The van der Waals surface area contributed by atoms with E-state index in [1.54, 1.807) is 6.33 Å². The van der Waals surface area contributed by atoms with Gasteiger partial charge in [0.15, 0.2) is 0 Å². The number of piperazine rings is 1. The van der Waals surface area contributed by atoms with Gasteiger partial charge in [-0.3, -0.25) is 0 Å². The van der Waals surface area contributed by atoms with Crippen LogP contribution >= 0.6 is 0 Å². The van der Waals surface area contributed by atoms with E-state index in [4.69, 9.17) is 0 Å². The Morgan fingerprint density at radius 1 is 1.50 bits per heavy atom. The van der Waals surface area contributed by atoms with Crippen molar-refractivity contribution in [2.24, 2.45) is 0 Å². The van der Waals surface area contributed by atoms with Crippen molar-refractivity contribution >= 4 is 11.6 Å². The summed E-state index contributed by atoms with van der Waals surface area (Å²) in [6.07, 6.45) is 4.02. The number of hydrogen-bond donors (Lipinski definition) is 2. The van der Waals surface area contributed by atoms with E-state index in [-0.39, 0.29) is 0 Å². The molecular formula is C13H23N5. The summed E-state index contributed by atoms with van der Waals surface area (Å²) in [5.41, 5.74) is 0. The highest BCUT2D eigenvalue weighted by Crippen LogP contribution is 2.17. The molecule has 1 atom stereocenters. The van der Waals surface area contributed by atoms with E-state index < -0.39 is 0 Å². The molecule has 2 N–H and O–H groups in total. The van der Waals surface area contributed by atoms with Gasteiger partial charge in [-0.1, -0.05) is 13.3 Å². The van der Waals surface area contributed by atoms with Crippen LogP contribution in [0.15, 0.2) is 12.4 Å². The fourth-order valence-corrected chi connectivity index (χ4v) is 2.18. The van der Waals surface area contributed by atoms with Crippen molar-refractivity contribution in [2.75, 3.05) is 36.4 Å². The first kappa shape index (κ1) is 13.1. The van der Waals surface area contributed by atoms with Crippen LogP contribution in [0.3, 0.4) is 0 Å². The molecule has 0 aliphatic carbocycles. The zero-order valence-electron chi connectivity index (χ0n) is 11.3. The van der Waals surface area contributed by atoms with Gasteiger partial charge in [0.2, 0.25) is 0 Å². The zero-order valence-corrected chi connectivity index (χ0v) is 11.3. The Bertz CT molecular complexity index is 368. The van der Waals surface area contributed by atoms with Gasteiger partial charge >= 0.3 is 0 Å². The lowest BCUT2D eigenvalue weighted by atomic mass is 10.2. The third kappa shape index (κ3) is 3.32. The summed E-state index contributed by atoms with van der Waals surface area (Å²) >= 11 is 0. The fourth-order valence-electron chi connectivity index (χ4n) is 2.18. The van der Waals surface area contributed by atoms with E-state index in [0.29, 0.717) is 6.04 Å². The predicted octanol–water partition coefficient (Wildman–Crippen LogP) is 1.49. The van der Waals surface area contributed by atoms with Crippen LogP contribution in [0.5, 0.6) is 0 Å². The minimum absolute atomic E-state index is 0.483. The third-order valence-electron chi connectivity index (χ3n) is 3.28. The second kappa shape index (κ2) is 6.54. The maximum absolute atomic E-state index is 4.39. The van der Waals surface area contributed by atoms with Crippen LogP contribution in [0.2, 0.25) is 0 Å². The summed E-state index contributed by atoms with van der Waals surface area (Å²) in [6.45, 7) is 8.43. The average molecular weight is 249 g/mol. The van der Waals surface area contributed by atoms with Gasteiger partial charge in [-0.25, -0.2) is 9.97 Å². The fraction of sp³-hybridized carbons (Fsp3) is 0.692. The van der Waals surface area contributed by atoms with Crippen molar-refractivity contribution in [2.45, 2.75) is 32.7 Å². The maximum atomic E-state index is 4.39. The maximum Gasteiger partial charge on any atom is 0.134 e. The molecule has 1 aromatic rings. The minimum atomic E-state index is 0.483. The summed E-state index contributed by atoms with van der Waals surface area (Å²) in [7, 11) is 0. The van der Waals surface area contributed by atoms with Crippen LogP contribution in [0.4, 0.5) is 11.6 Å².